The predicted molar refractivity (Wildman–Crippen MR) is 140 cm³/mol. The highest BCUT2D eigenvalue weighted by atomic mass is 32.2. The second-order valence-corrected chi connectivity index (χ2v) is 9.09. The molecule has 0 unspecified atom stereocenters. The molecule has 1 aliphatic rings. The summed E-state index contributed by atoms with van der Waals surface area (Å²) < 4.78 is 5.79. The Kier molecular flexibility index (Phi) is 7.62. The van der Waals surface area contributed by atoms with E-state index in [9.17, 15) is 14.9 Å². The number of carbonyl (C=O) groups excluding carboxylic acids is 1. The van der Waals surface area contributed by atoms with Gasteiger partial charge in [-0.1, -0.05) is 36.8 Å². The van der Waals surface area contributed by atoms with Crippen LogP contribution in [0.5, 0.6) is 5.75 Å². The van der Waals surface area contributed by atoms with Gasteiger partial charge in [-0.3, -0.25) is 19.8 Å². The molecule has 0 saturated carbocycles. The van der Waals surface area contributed by atoms with Gasteiger partial charge in [-0.15, -0.1) is 0 Å². The number of rotatable bonds is 8. The van der Waals surface area contributed by atoms with Crippen LogP contribution in [0.15, 0.2) is 82.7 Å². The lowest BCUT2D eigenvalue weighted by molar-refractivity contribution is -0.384. The van der Waals surface area contributed by atoms with Crippen LogP contribution in [0.3, 0.4) is 0 Å². The van der Waals surface area contributed by atoms with Crippen molar-refractivity contribution in [2.45, 2.75) is 26.9 Å². The molecule has 1 fully saturated rings. The van der Waals surface area contributed by atoms with Crippen molar-refractivity contribution in [1.82, 2.24) is 4.90 Å². The Morgan fingerprint density at radius 1 is 1.03 bits per heavy atom. The molecule has 7 nitrogen and oxygen atoms in total. The first-order valence-electron chi connectivity index (χ1n) is 11.3. The van der Waals surface area contributed by atoms with Crippen LogP contribution in [0, 0.1) is 17.0 Å². The Bertz CT molecular complexity index is 1270. The molecule has 8 heteroatoms. The van der Waals surface area contributed by atoms with Gasteiger partial charge in [-0.2, -0.15) is 0 Å². The monoisotopic (exact) mass is 487 g/mol. The molecule has 1 heterocycles. The number of ether oxygens (including phenoxy) is 1. The van der Waals surface area contributed by atoms with Gasteiger partial charge in [0.25, 0.3) is 11.6 Å². The zero-order valence-electron chi connectivity index (χ0n) is 19.5. The van der Waals surface area contributed by atoms with Crippen molar-refractivity contribution in [2.75, 3.05) is 6.54 Å². The SMILES string of the molecule is CCCN1C(=O)/C(=C\c2ccc(OCc3ccc([N+](=O)[O-])cc3)cc2)SC1=Nc1ccc(C)cc1. The summed E-state index contributed by atoms with van der Waals surface area (Å²) in [4.78, 5) is 30.4. The first-order valence-corrected chi connectivity index (χ1v) is 12.1. The summed E-state index contributed by atoms with van der Waals surface area (Å²) in [5, 5.41) is 11.5. The van der Waals surface area contributed by atoms with Crippen LogP contribution in [0.4, 0.5) is 11.4 Å². The number of carbonyl (C=O) groups is 1. The Hall–Kier alpha value is -3.91. The molecule has 0 bridgehead atoms. The first-order chi connectivity index (χ1) is 16.9. The van der Waals surface area contributed by atoms with Crippen LogP contribution in [-0.4, -0.2) is 27.4 Å². The van der Waals surface area contributed by atoms with E-state index in [-0.39, 0.29) is 11.6 Å². The summed E-state index contributed by atoms with van der Waals surface area (Å²) in [6.07, 6.45) is 2.71. The summed E-state index contributed by atoms with van der Waals surface area (Å²) in [5.41, 5.74) is 3.76. The van der Waals surface area contributed by atoms with E-state index in [1.807, 2.05) is 68.5 Å². The zero-order chi connectivity index (χ0) is 24.8. The number of aryl methyl sites for hydroxylation is 1. The molecule has 1 saturated heterocycles. The van der Waals surface area contributed by atoms with Crippen molar-refractivity contribution < 1.29 is 14.5 Å². The molecule has 178 valence electrons. The first kappa shape index (κ1) is 24.2. The molecule has 0 atom stereocenters. The molecule has 3 aromatic carbocycles. The van der Waals surface area contributed by atoms with Gasteiger partial charge in [0.15, 0.2) is 5.17 Å². The molecular weight excluding hydrogens is 462 g/mol. The summed E-state index contributed by atoms with van der Waals surface area (Å²) in [5.74, 6) is 0.631. The number of benzene rings is 3. The highest BCUT2D eigenvalue weighted by Gasteiger charge is 2.32. The third-order valence-corrected chi connectivity index (χ3v) is 6.33. The third-order valence-electron chi connectivity index (χ3n) is 5.32. The fourth-order valence-corrected chi connectivity index (χ4v) is 4.46. The standard InChI is InChI=1S/C27H25N3O4S/c1-3-16-29-26(31)25(35-27(29)28-22-10-4-19(2)5-11-22)17-20-8-14-24(15-9-20)34-18-21-6-12-23(13-7-21)30(32)33/h4-15,17H,3,16,18H2,1-2H3/b25-17+,28-27?. The molecular formula is C27H25N3O4S. The van der Waals surface area contributed by atoms with Gasteiger partial charge < -0.3 is 4.74 Å². The zero-order valence-corrected chi connectivity index (χ0v) is 20.3. The van der Waals surface area contributed by atoms with Gasteiger partial charge in [0.05, 0.1) is 15.5 Å². The predicted octanol–water partition coefficient (Wildman–Crippen LogP) is 6.50. The number of hydrogen-bond acceptors (Lipinski definition) is 6. The topological polar surface area (TPSA) is 85.0 Å². The van der Waals surface area contributed by atoms with Crippen molar-refractivity contribution in [1.29, 1.82) is 0 Å². The number of nitrogens with zero attached hydrogens (tertiary/aromatic N) is 3. The Morgan fingerprint density at radius 2 is 1.71 bits per heavy atom. The molecule has 1 aliphatic heterocycles. The van der Waals surface area contributed by atoms with Gasteiger partial charge in [-0.25, -0.2) is 4.99 Å². The third kappa shape index (κ3) is 6.16. The fraction of sp³-hybridized carbons (Fsp3) is 0.185. The largest absolute Gasteiger partial charge is 0.489 e. The van der Waals surface area contributed by atoms with Crippen molar-refractivity contribution in [2.24, 2.45) is 4.99 Å². The fourth-order valence-electron chi connectivity index (χ4n) is 3.43. The van der Waals surface area contributed by atoms with E-state index in [1.165, 1.54) is 23.9 Å². The lowest BCUT2D eigenvalue weighted by Crippen LogP contribution is -2.29. The second kappa shape index (κ2) is 11.0. The van der Waals surface area contributed by atoms with E-state index < -0.39 is 4.92 Å². The van der Waals surface area contributed by atoms with E-state index >= 15 is 0 Å². The summed E-state index contributed by atoms with van der Waals surface area (Å²) in [6.45, 7) is 4.99. The van der Waals surface area contributed by atoms with Crippen LogP contribution in [0.2, 0.25) is 0 Å². The summed E-state index contributed by atoms with van der Waals surface area (Å²) >= 11 is 1.38. The molecule has 0 N–H and O–H groups in total. The Balaban J connectivity index is 1.44. The van der Waals surface area contributed by atoms with Gasteiger partial charge >= 0.3 is 0 Å². The molecule has 1 amide bonds. The molecule has 0 aromatic heterocycles. The van der Waals surface area contributed by atoms with E-state index in [4.69, 9.17) is 9.73 Å². The highest BCUT2D eigenvalue weighted by Crippen LogP contribution is 2.34. The average Bonchev–Trinajstić information content (AvgIpc) is 3.14. The van der Waals surface area contributed by atoms with E-state index in [2.05, 4.69) is 0 Å². The van der Waals surface area contributed by atoms with Crippen LogP contribution in [-0.2, 0) is 11.4 Å². The van der Waals surface area contributed by atoms with Crippen molar-refractivity contribution >= 4 is 40.3 Å². The maximum atomic E-state index is 13.0. The number of aliphatic imine (C=N–C) groups is 1. The van der Waals surface area contributed by atoms with Crippen molar-refractivity contribution in [3.63, 3.8) is 0 Å². The second-order valence-electron chi connectivity index (χ2n) is 8.08. The average molecular weight is 488 g/mol. The Labute approximate surface area is 208 Å². The van der Waals surface area contributed by atoms with Crippen molar-refractivity contribution in [3.05, 3.63) is 105 Å². The van der Waals surface area contributed by atoms with Gasteiger partial charge in [-0.05, 0) is 78.7 Å². The lowest BCUT2D eigenvalue weighted by Gasteiger charge is -2.13. The van der Waals surface area contributed by atoms with Crippen LogP contribution < -0.4 is 4.74 Å². The molecule has 0 spiro atoms. The van der Waals surface area contributed by atoms with Gasteiger partial charge in [0.1, 0.15) is 12.4 Å². The maximum absolute atomic E-state index is 13.0. The lowest BCUT2D eigenvalue weighted by atomic mass is 10.2. The molecule has 3 aromatic rings. The van der Waals surface area contributed by atoms with Crippen LogP contribution in [0.1, 0.15) is 30.0 Å². The quantitative estimate of drug-likeness (QED) is 0.206. The van der Waals surface area contributed by atoms with Gasteiger partial charge in [0, 0.05) is 18.7 Å². The van der Waals surface area contributed by atoms with Crippen molar-refractivity contribution in [3.8, 4) is 5.75 Å². The van der Waals surface area contributed by atoms with Crippen LogP contribution >= 0.6 is 11.8 Å². The summed E-state index contributed by atoms with van der Waals surface area (Å²) in [7, 11) is 0. The highest BCUT2D eigenvalue weighted by molar-refractivity contribution is 8.18. The molecule has 0 radical (unpaired) electrons. The number of nitro benzene ring substituents is 1. The number of non-ortho nitro benzene ring substituents is 1. The number of nitro groups is 1. The molecule has 35 heavy (non-hydrogen) atoms. The number of hydrogen-bond donors (Lipinski definition) is 0. The van der Waals surface area contributed by atoms with E-state index in [0.717, 1.165) is 28.8 Å². The number of amidine groups is 1. The summed E-state index contributed by atoms with van der Waals surface area (Å²) in [6, 6.07) is 21.7. The smallest absolute Gasteiger partial charge is 0.269 e. The molecule has 4 rings (SSSR count). The number of thioether (sulfide) groups is 1. The maximum Gasteiger partial charge on any atom is 0.269 e. The molecule has 0 aliphatic carbocycles. The van der Waals surface area contributed by atoms with E-state index in [1.54, 1.807) is 17.0 Å². The minimum absolute atomic E-state index is 0.0405. The van der Waals surface area contributed by atoms with E-state index in [0.29, 0.717) is 29.0 Å². The minimum Gasteiger partial charge on any atom is -0.489 e. The minimum atomic E-state index is -0.427. The van der Waals surface area contributed by atoms with Crippen LogP contribution in [0.25, 0.3) is 6.08 Å². The van der Waals surface area contributed by atoms with Gasteiger partial charge in [0.2, 0.25) is 0 Å². The number of amides is 1. The normalized spacial score (nSPS) is 15.7. The Morgan fingerprint density at radius 3 is 2.34 bits per heavy atom.